The summed E-state index contributed by atoms with van der Waals surface area (Å²) in [6, 6.07) is 4.56. The number of hydrogen-bond donors (Lipinski definition) is 0. The molecule has 0 aliphatic heterocycles. The highest BCUT2D eigenvalue weighted by atomic mass is 19.1. The number of halogens is 1. The van der Waals surface area contributed by atoms with Gasteiger partial charge in [-0.3, -0.25) is 4.79 Å². The Hall–Kier alpha value is -2.04. The maximum Gasteiger partial charge on any atom is 0.311 e. The molecule has 88 valence electrons. The largest absolute Gasteiger partial charge is 0.466 e. The molecule has 0 amide bonds. The summed E-state index contributed by atoms with van der Waals surface area (Å²) < 4.78 is 18.5. The Kier molecular flexibility index (Phi) is 3.27. The Morgan fingerprint density at radius 3 is 3.00 bits per heavy atom. The van der Waals surface area contributed by atoms with Crippen molar-refractivity contribution in [2.45, 2.75) is 13.3 Å². The fraction of sp³-hybridized carbons (Fsp3) is 0.250. The van der Waals surface area contributed by atoms with Crippen LogP contribution in [0.1, 0.15) is 12.6 Å². The maximum absolute atomic E-state index is 13.7. The number of hydrogen-bond acceptors (Lipinski definition) is 4. The van der Waals surface area contributed by atoms with Gasteiger partial charge in [0.05, 0.1) is 29.6 Å². The van der Waals surface area contributed by atoms with Gasteiger partial charge in [0.1, 0.15) is 12.1 Å². The van der Waals surface area contributed by atoms with Crippen molar-refractivity contribution in [3.63, 3.8) is 0 Å². The molecular formula is C12H11FN2O2. The van der Waals surface area contributed by atoms with E-state index >= 15 is 0 Å². The van der Waals surface area contributed by atoms with Gasteiger partial charge in [-0.1, -0.05) is 6.07 Å². The van der Waals surface area contributed by atoms with Gasteiger partial charge in [0.25, 0.3) is 0 Å². The molecule has 4 nitrogen and oxygen atoms in total. The lowest BCUT2D eigenvalue weighted by atomic mass is 10.1. The number of aromatic nitrogens is 2. The van der Waals surface area contributed by atoms with E-state index in [9.17, 15) is 9.18 Å². The molecule has 0 bridgehead atoms. The first kappa shape index (κ1) is 11.4. The van der Waals surface area contributed by atoms with Crippen LogP contribution < -0.4 is 0 Å². The molecule has 17 heavy (non-hydrogen) atoms. The number of benzene rings is 1. The zero-order valence-electron chi connectivity index (χ0n) is 9.31. The highest BCUT2D eigenvalue weighted by Crippen LogP contribution is 2.18. The van der Waals surface area contributed by atoms with Gasteiger partial charge in [0.2, 0.25) is 0 Å². The van der Waals surface area contributed by atoms with Crippen LogP contribution in [0.5, 0.6) is 0 Å². The van der Waals surface area contributed by atoms with Gasteiger partial charge < -0.3 is 4.74 Å². The van der Waals surface area contributed by atoms with Crippen LogP contribution in [0.3, 0.4) is 0 Å². The minimum Gasteiger partial charge on any atom is -0.466 e. The summed E-state index contributed by atoms with van der Waals surface area (Å²) in [6.45, 7) is 2.01. The van der Waals surface area contributed by atoms with E-state index in [1.165, 1.54) is 12.4 Å². The Morgan fingerprint density at radius 1 is 1.41 bits per heavy atom. The topological polar surface area (TPSA) is 52.1 Å². The van der Waals surface area contributed by atoms with Gasteiger partial charge in [0.15, 0.2) is 0 Å². The van der Waals surface area contributed by atoms with E-state index in [-0.39, 0.29) is 11.8 Å². The fourth-order valence-electron chi connectivity index (χ4n) is 1.61. The summed E-state index contributed by atoms with van der Waals surface area (Å²) in [4.78, 5) is 19.3. The van der Waals surface area contributed by atoms with Crippen LogP contribution in [0.15, 0.2) is 24.5 Å². The van der Waals surface area contributed by atoms with Crippen LogP contribution in [-0.4, -0.2) is 22.5 Å². The molecule has 1 heterocycles. The van der Waals surface area contributed by atoms with Crippen LogP contribution in [0.25, 0.3) is 10.9 Å². The summed E-state index contributed by atoms with van der Waals surface area (Å²) in [5, 5.41) is 0.281. The van der Waals surface area contributed by atoms with Crippen LogP contribution >= 0.6 is 0 Å². The fourth-order valence-corrected chi connectivity index (χ4v) is 1.61. The summed E-state index contributed by atoms with van der Waals surface area (Å²) in [5.74, 6) is -0.849. The molecule has 0 fully saturated rings. The van der Waals surface area contributed by atoms with Crippen molar-refractivity contribution in [1.29, 1.82) is 0 Å². The molecule has 1 aromatic carbocycles. The highest BCUT2D eigenvalue weighted by Gasteiger charge is 2.12. The smallest absolute Gasteiger partial charge is 0.311 e. The molecule has 0 saturated heterocycles. The van der Waals surface area contributed by atoms with Gasteiger partial charge in [-0.05, 0) is 19.1 Å². The van der Waals surface area contributed by atoms with Crippen LogP contribution in [0.4, 0.5) is 4.39 Å². The number of nitrogens with zero attached hydrogens (tertiary/aromatic N) is 2. The zero-order chi connectivity index (χ0) is 12.3. The molecule has 0 N–H and O–H groups in total. The standard InChI is InChI=1S/C12H11FN2O2/c1-2-17-11(16)6-10-12-8(13)4-3-5-9(12)14-7-15-10/h3-5,7H,2,6H2,1H3. The van der Waals surface area contributed by atoms with E-state index in [0.29, 0.717) is 17.8 Å². The number of fused-ring (bicyclic) bond motifs is 1. The molecular weight excluding hydrogens is 223 g/mol. The number of carbonyl (C=O) groups is 1. The molecule has 0 aliphatic rings. The second-order valence-electron chi connectivity index (χ2n) is 3.44. The van der Waals surface area contributed by atoms with E-state index in [1.54, 1.807) is 19.1 Å². The third-order valence-electron chi connectivity index (χ3n) is 2.31. The van der Waals surface area contributed by atoms with E-state index in [1.807, 2.05) is 0 Å². The van der Waals surface area contributed by atoms with E-state index in [0.717, 1.165) is 0 Å². The van der Waals surface area contributed by atoms with E-state index in [2.05, 4.69) is 9.97 Å². The first-order valence-electron chi connectivity index (χ1n) is 5.26. The molecule has 0 spiro atoms. The lowest BCUT2D eigenvalue weighted by Gasteiger charge is -2.05. The third kappa shape index (κ3) is 2.38. The quantitative estimate of drug-likeness (QED) is 0.761. The third-order valence-corrected chi connectivity index (χ3v) is 2.31. The number of carbonyl (C=O) groups excluding carboxylic acids is 1. The average Bonchev–Trinajstić information content (AvgIpc) is 2.29. The normalized spacial score (nSPS) is 10.5. The predicted octanol–water partition coefficient (Wildman–Crippen LogP) is 1.87. The van der Waals surface area contributed by atoms with Crippen LogP contribution in [-0.2, 0) is 16.0 Å². The molecule has 0 atom stereocenters. The van der Waals surface area contributed by atoms with Crippen molar-refractivity contribution in [3.05, 3.63) is 36.0 Å². The van der Waals surface area contributed by atoms with Crippen molar-refractivity contribution >= 4 is 16.9 Å². The zero-order valence-corrected chi connectivity index (χ0v) is 9.31. The number of rotatable bonds is 3. The van der Waals surface area contributed by atoms with E-state index in [4.69, 9.17) is 4.74 Å². The minimum absolute atomic E-state index is 0.0478. The van der Waals surface area contributed by atoms with Gasteiger partial charge >= 0.3 is 5.97 Å². The summed E-state index contributed by atoms with van der Waals surface area (Å²) in [5.41, 5.74) is 0.839. The predicted molar refractivity (Wildman–Crippen MR) is 59.8 cm³/mol. The molecule has 2 rings (SSSR count). The summed E-state index contributed by atoms with van der Waals surface area (Å²) in [6.07, 6.45) is 1.27. The molecule has 0 aliphatic carbocycles. The maximum atomic E-state index is 13.7. The minimum atomic E-state index is -0.428. The van der Waals surface area contributed by atoms with Crippen molar-refractivity contribution in [2.75, 3.05) is 6.61 Å². The first-order chi connectivity index (χ1) is 8.22. The molecule has 0 saturated carbocycles. The molecule has 1 aromatic heterocycles. The van der Waals surface area contributed by atoms with Crippen molar-refractivity contribution < 1.29 is 13.9 Å². The first-order valence-corrected chi connectivity index (χ1v) is 5.26. The summed E-state index contributed by atoms with van der Waals surface area (Å²) >= 11 is 0. The van der Waals surface area contributed by atoms with Gasteiger partial charge in [0, 0.05) is 0 Å². The van der Waals surface area contributed by atoms with Gasteiger partial charge in [-0.25, -0.2) is 14.4 Å². The number of esters is 1. The lowest BCUT2D eigenvalue weighted by molar-refractivity contribution is -0.142. The molecule has 2 aromatic rings. The Labute approximate surface area is 97.5 Å². The van der Waals surface area contributed by atoms with Crippen molar-refractivity contribution in [3.8, 4) is 0 Å². The van der Waals surface area contributed by atoms with Crippen LogP contribution in [0, 0.1) is 5.82 Å². The average molecular weight is 234 g/mol. The number of ether oxygens (including phenoxy) is 1. The van der Waals surface area contributed by atoms with Crippen molar-refractivity contribution in [2.24, 2.45) is 0 Å². The van der Waals surface area contributed by atoms with Gasteiger partial charge in [-0.2, -0.15) is 0 Å². The molecule has 0 unspecified atom stereocenters. The summed E-state index contributed by atoms with van der Waals surface area (Å²) in [7, 11) is 0. The Balaban J connectivity index is 2.43. The second-order valence-corrected chi connectivity index (χ2v) is 3.44. The molecule has 5 heteroatoms. The van der Waals surface area contributed by atoms with Crippen LogP contribution in [0.2, 0.25) is 0 Å². The van der Waals surface area contributed by atoms with Crippen molar-refractivity contribution in [1.82, 2.24) is 9.97 Å². The Morgan fingerprint density at radius 2 is 2.24 bits per heavy atom. The van der Waals surface area contributed by atoms with Gasteiger partial charge in [-0.15, -0.1) is 0 Å². The monoisotopic (exact) mass is 234 g/mol. The lowest BCUT2D eigenvalue weighted by Crippen LogP contribution is -2.09. The Bertz CT molecular complexity index is 552. The second kappa shape index (κ2) is 4.86. The van der Waals surface area contributed by atoms with E-state index < -0.39 is 11.8 Å². The molecule has 0 radical (unpaired) electrons. The highest BCUT2D eigenvalue weighted by molar-refractivity contribution is 5.85. The SMILES string of the molecule is CCOC(=O)Cc1ncnc2cccc(F)c12.